The largest absolute Gasteiger partial charge is 0.455 e. The van der Waals surface area contributed by atoms with Gasteiger partial charge in [0.25, 0.3) is 5.91 Å². The van der Waals surface area contributed by atoms with E-state index in [1.54, 1.807) is 24.0 Å². The van der Waals surface area contributed by atoms with Crippen LogP contribution in [0.1, 0.15) is 78.4 Å². The van der Waals surface area contributed by atoms with Crippen LogP contribution in [-0.2, 0) is 28.7 Å². The molecule has 3 fully saturated rings. The van der Waals surface area contributed by atoms with Crippen molar-refractivity contribution in [1.82, 2.24) is 10.2 Å². The first-order valence-corrected chi connectivity index (χ1v) is 19.5. The number of likely N-dealkylation sites (tertiary alicyclic amines) is 1. The smallest absolute Gasteiger partial charge is 0.313 e. The molecule has 0 aromatic heterocycles. The Morgan fingerprint density at radius 1 is 1.04 bits per heavy atom. The first-order valence-electron chi connectivity index (χ1n) is 19.5. The minimum absolute atomic E-state index is 0.152. The molecule has 2 N–H and O–H groups in total. The van der Waals surface area contributed by atoms with Crippen LogP contribution in [-0.4, -0.2) is 89.8 Å². The Balaban J connectivity index is 1.52. The number of aliphatic hydroxyl groups is 1. The fraction of sp³-hybridized carbons (Fsp3) is 0.535. The Kier molecular flexibility index (Phi) is 13.4. The van der Waals surface area contributed by atoms with Gasteiger partial charge in [0.15, 0.2) is 0 Å². The molecule has 5 rings (SSSR count). The second kappa shape index (κ2) is 17.8. The van der Waals surface area contributed by atoms with Crippen molar-refractivity contribution >= 4 is 35.1 Å². The molecule has 2 aromatic rings. The van der Waals surface area contributed by atoms with E-state index in [-0.39, 0.29) is 37.3 Å². The zero-order chi connectivity index (χ0) is 39.2. The molecule has 3 aliphatic heterocycles. The number of nitrogens with one attached hydrogen (secondary N) is 1. The second-order valence-electron chi connectivity index (χ2n) is 14.8. The predicted molar refractivity (Wildman–Crippen MR) is 210 cm³/mol. The summed E-state index contributed by atoms with van der Waals surface area (Å²) in [5.41, 5.74) is 1.06. The zero-order valence-corrected chi connectivity index (χ0v) is 32.5. The molecule has 0 unspecified atom stereocenters. The normalized spacial score (nSPS) is 24.9. The van der Waals surface area contributed by atoms with Crippen LogP contribution < -0.4 is 15.1 Å². The molecule has 11 nitrogen and oxygen atoms in total. The summed E-state index contributed by atoms with van der Waals surface area (Å²) in [4.78, 5) is 62.7. The fourth-order valence-corrected chi connectivity index (χ4v) is 8.78. The molecule has 2 aromatic carbocycles. The van der Waals surface area contributed by atoms with E-state index >= 15 is 4.79 Å². The minimum atomic E-state index is -1.31. The van der Waals surface area contributed by atoms with E-state index in [2.05, 4.69) is 37.2 Å². The number of fused-ring (bicyclic) bond motifs is 1. The lowest BCUT2D eigenvalue weighted by Gasteiger charge is -2.41. The van der Waals surface area contributed by atoms with E-state index in [0.29, 0.717) is 36.9 Å². The maximum Gasteiger partial charge on any atom is 0.313 e. The number of rotatable bonds is 19. The van der Waals surface area contributed by atoms with Crippen LogP contribution in [0.5, 0.6) is 0 Å². The summed E-state index contributed by atoms with van der Waals surface area (Å²) in [6.45, 7) is 19.0. The van der Waals surface area contributed by atoms with Crippen molar-refractivity contribution in [2.75, 3.05) is 36.0 Å². The van der Waals surface area contributed by atoms with Gasteiger partial charge in [0.1, 0.15) is 17.7 Å². The monoisotopic (exact) mass is 742 g/mol. The van der Waals surface area contributed by atoms with E-state index in [1.807, 2.05) is 68.4 Å². The maximum atomic E-state index is 15.1. The van der Waals surface area contributed by atoms with Crippen LogP contribution in [0.15, 0.2) is 79.9 Å². The van der Waals surface area contributed by atoms with Gasteiger partial charge < -0.3 is 34.6 Å². The van der Waals surface area contributed by atoms with Gasteiger partial charge in [-0.05, 0) is 75.8 Å². The molecular formula is C43H58N4O7. The minimum Gasteiger partial charge on any atom is -0.455 e. The van der Waals surface area contributed by atoms with Gasteiger partial charge in [-0.1, -0.05) is 62.8 Å². The molecule has 54 heavy (non-hydrogen) atoms. The molecule has 3 amide bonds. The number of hydrogen-bond donors (Lipinski definition) is 2. The first kappa shape index (κ1) is 40.7. The molecule has 2 bridgehead atoms. The molecule has 0 aliphatic carbocycles. The fourth-order valence-electron chi connectivity index (χ4n) is 8.78. The summed E-state index contributed by atoms with van der Waals surface area (Å²) >= 11 is 0. The third-order valence-electron chi connectivity index (χ3n) is 11.7. The maximum absolute atomic E-state index is 15.1. The van der Waals surface area contributed by atoms with Crippen molar-refractivity contribution in [3.63, 3.8) is 0 Å². The van der Waals surface area contributed by atoms with Crippen molar-refractivity contribution in [1.29, 1.82) is 0 Å². The topological polar surface area (TPSA) is 129 Å². The number of aliphatic hydroxyl groups excluding tert-OH is 1. The first-order chi connectivity index (χ1) is 26.0. The highest BCUT2D eigenvalue weighted by atomic mass is 16.6. The number of hydrogen-bond acceptors (Lipinski definition) is 8. The van der Waals surface area contributed by atoms with Crippen molar-refractivity contribution < 1.29 is 33.8 Å². The Morgan fingerprint density at radius 2 is 1.70 bits per heavy atom. The average molecular weight is 743 g/mol. The Labute approximate surface area is 320 Å². The van der Waals surface area contributed by atoms with Gasteiger partial charge >= 0.3 is 5.97 Å². The predicted octanol–water partition coefficient (Wildman–Crippen LogP) is 5.59. The molecule has 3 saturated heterocycles. The van der Waals surface area contributed by atoms with Gasteiger partial charge in [0, 0.05) is 37.4 Å². The summed E-state index contributed by atoms with van der Waals surface area (Å²) in [7, 11) is 0. The Bertz CT molecular complexity index is 1650. The number of benzene rings is 2. The van der Waals surface area contributed by atoms with Gasteiger partial charge in [0.05, 0.1) is 36.6 Å². The molecule has 1 spiro atoms. The Morgan fingerprint density at radius 3 is 2.30 bits per heavy atom. The van der Waals surface area contributed by atoms with Gasteiger partial charge in [-0.3, -0.25) is 19.2 Å². The van der Waals surface area contributed by atoms with Crippen LogP contribution in [0.3, 0.4) is 0 Å². The highest BCUT2D eigenvalue weighted by Gasteiger charge is 2.76. The average Bonchev–Trinajstić information content (AvgIpc) is 3.83. The van der Waals surface area contributed by atoms with Crippen molar-refractivity contribution in [3.8, 4) is 0 Å². The summed E-state index contributed by atoms with van der Waals surface area (Å²) in [6, 6.07) is 14.6. The lowest BCUT2D eigenvalue weighted by Crippen LogP contribution is -2.60. The van der Waals surface area contributed by atoms with Crippen molar-refractivity contribution in [2.24, 2.45) is 17.8 Å². The molecule has 11 heteroatoms. The van der Waals surface area contributed by atoms with Crippen LogP contribution >= 0.6 is 0 Å². The standard InChI is InChI=1S/C43H58N4O7/c1-8-13-19-35(49)44-29(7)38(30-17-15-14-16-18-30)53-42(52)36-34-24-25-43(54-34)37(36)40(50)47(33(27-48)28(6)10-3)39(43)41(51)46(26-9-2)32-22-20-31(21-23-32)45(11-4)12-5/h8-9,14-18,20-23,28-29,33-34,36-39,48H,1-2,10-13,19,24-27H2,3-7H3,(H,44,49)/t28-,29-,33-,34-,36+,37+,38-,39-,43+/m0/s1. The second-order valence-corrected chi connectivity index (χ2v) is 14.8. The van der Waals surface area contributed by atoms with E-state index in [9.17, 15) is 19.5 Å². The van der Waals surface area contributed by atoms with Gasteiger partial charge in [0.2, 0.25) is 11.8 Å². The number of carbonyl (C=O) groups excluding carboxylic acids is 4. The summed E-state index contributed by atoms with van der Waals surface area (Å²) < 4.78 is 13.1. The van der Waals surface area contributed by atoms with Gasteiger partial charge in [-0.2, -0.15) is 0 Å². The van der Waals surface area contributed by atoms with Gasteiger partial charge in [-0.15, -0.1) is 13.2 Å². The van der Waals surface area contributed by atoms with E-state index < -0.39 is 59.6 Å². The molecule has 292 valence electrons. The number of carbonyl (C=O) groups is 4. The van der Waals surface area contributed by atoms with Gasteiger partial charge in [-0.25, -0.2) is 0 Å². The molecule has 9 atom stereocenters. The Hall–Kier alpha value is -4.48. The van der Waals surface area contributed by atoms with Crippen LogP contribution in [0.4, 0.5) is 11.4 Å². The summed E-state index contributed by atoms with van der Waals surface area (Å²) in [6.07, 6.45) is 4.09. The molecule has 0 saturated carbocycles. The van der Waals surface area contributed by atoms with Crippen LogP contribution in [0, 0.1) is 17.8 Å². The molecule has 3 heterocycles. The number of allylic oxidation sites excluding steroid dienone is 1. The van der Waals surface area contributed by atoms with Crippen molar-refractivity contribution in [3.05, 3.63) is 85.5 Å². The SMILES string of the molecule is C=CCCC(=O)N[C@@H](C)[C@H](OC(=O)[C@@H]1[C@@H]2CC[C@]3(O2)[C@H](C(=O)N(CC=C)c2ccc(N(CC)CC)cc2)N([C@@H](CO)[C@@H](C)CC)C(=O)[C@@H]13)c1ccccc1. The number of esters is 1. The number of ether oxygens (including phenoxy) is 2. The zero-order valence-electron chi connectivity index (χ0n) is 32.5. The summed E-state index contributed by atoms with van der Waals surface area (Å²) in [5, 5.41) is 13.8. The van der Waals surface area contributed by atoms with E-state index in [1.165, 1.54) is 4.90 Å². The summed E-state index contributed by atoms with van der Waals surface area (Å²) in [5.74, 6) is -3.70. The van der Waals surface area contributed by atoms with Crippen LogP contribution in [0.2, 0.25) is 0 Å². The molecule has 3 aliphatic rings. The number of amides is 3. The third kappa shape index (κ3) is 7.71. The number of anilines is 2. The lowest BCUT2D eigenvalue weighted by atomic mass is 9.70. The third-order valence-corrected chi connectivity index (χ3v) is 11.7. The lowest BCUT2D eigenvalue weighted by molar-refractivity contribution is -0.162. The quantitative estimate of drug-likeness (QED) is 0.141. The molecular weight excluding hydrogens is 684 g/mol. The highest BCUT2D eigenvalue weighted by Crippen LogP contribution is 2.59. The van der Waals surface area contributed by atoms with E-state index in [0.717, 1.165) is 18.8 Å². The van der Waals surface area contributed by atoms with E-state index in [4.69, 9.17) is 9.47 Å². The molecule has 0 radical (unpaired) electrons. The van der Waals surface area contributed by atoms with Crippen molar-refractivity contribution in [2.45, 2.75) is 103 Å². The highest BCUT2D eigenvalue weighted by molar-refractivity contribution is 6.05. The van der Waals surface area contributed by atoms with Crippen LogP contribution in [0.25, 0.3) is 0 Å². The number of nitrogens with zero attached hydrogens (tertiary/aromatic N) is 3.